The molecular weight excluding hydrogens is 255 g/mol. The molecule has 0 spiro atoms. The van der Waals surface area contributed by atoms with Gasteiger partial charge in [-0.2, -0.15) is 0 Å². The molecule has 0 aromatic carbocycles. The first-order valence-corrected chi connectivity index (χ1v) is 6.71. The first-order valence-electron chi connectivity index (χ1n) is 6.71. The molecule has 2 aromatic rings. The highest BCUT2D eigenvalue weighted by Gasteiger charge is 2.52. The third-order valence-electron chi connectivity index (χ3n) is 4.28. The standard InChI is InChI=1S/C14H19BN2O3/c1-13(2)14(3,4)20-15(19-13)10-8-17-12-9(6-7-16-12)11(10)18-5/h6-8H,1-5H3,(H,16,17). The Hall–Kier alpha value is -1.53. The van der Waals surface area contributed by atoms with Crippen LogP contribution in [0.4, 0.5) is 0 Å². The van der Waals surface area contributed by atoms with E-state index in [0.29, 0.717) is 0 Å². The Kier molecular flexibility index (Phi) is 2.85. The second-order valence-corrected chi connectivity index (χ2v) is 6.07. The summed E-state index contributed by atoms with van der Waals surface area (Å²) in [5.74, 6) is 0.745. The summed E-state index contributed by atoms with van der Waals surface area (Å²) in [5, 5.41) is 0.930. The number of rotatable bonds is 2. The van der Waals surface area contributed by atoms with Gasteiger partial charge in [-0.25, -0.2) is 4.98 Å². The predicted octanol–water partition coefficient (Wildman–Crippen LogP) is 1.87. The number of aromatic nitrogens is 2. The van der Waals surface area contributed by atoms with Crippen molar-refractivity contribution in [2.75, 3.05) is 7.11 Å². The lowest BCUT2D eigenvalue weighted by atomic mass is 9.79. The monoisotopic (exact) mass is 274 g/mol. The number of fused-ring (bicyclic) bond motifs is 1. The fraction of sp³-hybridized carbons (Fsp3) is 0.500. The van der Waals surface area contributed by atoms with Crippen molar-refractivity contribution in [3.8, 4) is 5.75 Å². The number of methoxy groups -OCH3 is 1. The summed E-state index contributed by atoms with van der Waals surface area (Å²) in [6, 6.07) is 1.94. The maximum Gasteiger partial charge on any atom is 0.500 e. The smallest absolute Gasteiger partial charge is 0.496 e. The minimum atomic E-state index is -0.471. The first kappa shape index (κ1) is 13.5. The Bertz CT molecular complexity index is 635. The van der Waals surface area contributed by atoms with Crippen LogP contribution in [-0.2, 0) is 9.31 Å². The zero-order chi connectivity index (χ0) is 14.5. The molecular formula is C14H19BN2O3. The molecule has 106 valence electrons. The van der Waals surface area contributed by atoms with Crippen molar-refractivity contribution in [2.45, 2.75) is 38.9 Å². The Morgan fingerprint density at radius 2 is 1.85 bits per heavy atom. The van der Waals surface area contributed by atoms with Gasteiger partial charge in [-0.3, -0.25) is 0 Å². The van der Waals surface area contributed by atoms with Gasteiger partial charge >= 0.3 is 7.12 Å². The molecule has 0 aliphatic carbocycles. The van der Waals surface area contributed by atoms with Crippen LogP contribution >= 0.6 is 0 Å². The van der Waals surface area contributed by atoms with Gasteiger partial charge in [-0.05, 0) is 33.8 Å². The van der Waals surface area contributed by atoms with Gasteiger partial charge in [0.1, 0.15) is 11.4 Å². The first-order chi connectivity index (χ1) is 9.36. The SMILES string of the molecule is COc1c(B2OC(C)(C)C(C)(C)O2)cnc2[nH]ccc12. The van der Waals surface area contributed by atoms with Gasteiger partial charge < -0.3 is 19.0 Å². The largest absolute Gasteiger partial charge is 0.500 e. The van der Waals surface area contributed by atoms with Gasteiger partial charge in [0.05, 0.1) is 23.7 Å². The topological polar surface area (TPSA) is 56.4 Å². The number of ether oxygens (including phenoxy) is 1. The summed E-state index contributed by atoms with van der Waals surface area (Å²) in [5.41, 5.74) is 0.853. The molecule has 3 rings (SSSR count). The highest BCUT2D eigenvalue weighted by Crippen LogP contribution is 2.37. The molecule has 1 fully saturated rings. The number of pyridine rings is 1. The van der Waals surface area contributed by atoms with E-state index in [4.69, 9.17) is 14.0 Å². The van der Waals surface area contributed by atoms with E-state index in [-0.39, 0.29) is 11.2 Å². The molecule has 20 heavy (non-hydrogen) atoms. The Labute approximate surface area is 118 Å². The van der Waals surface area contributed by atoms with Crippen molar-refractivity contribution in [1.82, 2.24) is 9.97 Å². The summed E-state index contributed by atoms with van der Waals surface area (Å²) in [6.45, 7) is 8.12. The van der Waals surface area contributed by atoms with Crippen molar-refractivity contribution < 1.29 is 14.0 Å². The number of H-pyrrole nitrogens is 1. The Balaban J connectivity index is 2.07. The molecule has 2 aromatic heterocycles. The van der Waals surface area contributed by atoms with Crippen LogP contribution in [0, 0.1) is 0 Å². The number of nitrogens with zero attached hydrogens (tertiary/aromatic N) is 1. The van der Waals surface area contributed by atoms with Gasteiger partial charge in [-0.15, -0.1) is 0 Å². The highest BCUT2D eigenvalue weighted by atomic mass is 16.7. The van der Waals surface area contributed by atoms with Gasteiger partial charge in [0.15, 0.2) is 0 Å². The van der Waals surface area contributed by atoms with Crippen LogP contribution < -0.4 is 10.2 Å². The van der Waals surface area contributed by atoms with E-state index < -0.39 is 7.12 Å². The van der Waals surface area contributed by atoms with Crippen molar-refractivity contribution in [3.05, 3.63) is 18.5 Å². The minimum Gasteiger partial charge on any atom is -0.496 e. The molecule has 1 N–H and O–H groups in total. The molecule has 1 saturated heterocycles. The minimum absolute atomic E-state index is 0.379. The average Bonchev–Trinajstić information content (AvgIpc) is 2.91. The summed E-state index contributed by atoms with van der Waals surface area (Å²) in [7, 11) is 1.18. The molecule has 3 heterocycles. The van der Waals surface area contributed by atoms with Crippen LogP contribution in [0.3, 0.4) is 0 Å². The lowest BCUT2D eigenvalue weighted by Gasteiger charge is -2.32. The fourth-order valence-electron chi connectivity index (χ4n) is 2.36. The average molecular weight is 274 g/mol. The van der Waals surface area contributed by atoms with E-state index in [0.717, 1.165) is 22.2 Å². The lowest BCUT2D eigenvalue weighted by molar-refractivity contribution is 0.00578. The quantitative estimate of drug-likeness (QED) is 0.849. The second-order valence-electron chi connectivity index (χ2n) is 6.07. The Morgan fingerprint density at radius 1 is 1.20 bits per heavy atom. The maximum atomic E-state index is 6.07. The molecule has 0 bridgehead atoms. The highest BCUT2D eigenvalue weighted by molar-refractivity contribution is 6.63. The lowest BCUT2D eigenvalue weighted by Crippen LogP contribution is -2.41. The second kappa shape index (κ2) is 4.23. The summed E-state index contributed by atoms with van der Waals surface area (Å²) in [6.07, 6.45) is 3.59. The van der Waals surface area contributed by atoms with Crippen molar-refractivity contribution in [3.63, 3.8) is 0 Å². The zero-order valence-electron chi connectivity index (χ0n) is 12.5. The molecule has 0 atom stereocenters. The van der Waals surface area contributed by atoms with E-state index >= 15 is 0 Å². The molecule has 0 saturated carbocycles. The van der Waals surface area contributed by atoms with E-state index in [9.17, 15) is 0 Å². The molecule has 0 unspecified atom stereocenters. The summed E-state index contributed by atoms with van der Waals surface area (Å²) >= 11 is 0. The van der Waals surface area contributed by atoms with Gasteiger partial charge in [0, 0.05) is 17.9 Å². The van der Waals surface area contributed by atoms with Crippen LogP contribution in [0.2, 0.25) is 0 Å². The van der Waals surface area contributed by atoms with E-state index in [1.165, 1.54) is 0 Å². The molecule has 5 nitrogen and oxygen atoms in total. The molecule has 1 aliphatic heterocycles. The summed E-state index contributed by atoms with van der Waals surface area (Å²) < 4.78 is 17.7. The third kappa shape index (κ3) is 1.83. The van der Waals surface area contributed by atoms with Crippen LogP contribution in [0.25, 0.3) is 11.0 Å². The number of hydrogen-bond acceptors (Lipinski definition) is 4. The van der Waals surface area contributed by atoms with E-state index in [1.807, 2.05) is 40.0 Å². The fourth-order valence-corrected chi connectivity index (χ4v) is 2.36. The molecule has 1 aliphatic rings. The van der Waals surface area contributed by atoms with E-state index in [1.54, 1.807) is 13.3 Å². The third-order valence-corrected chi connectivity index (χ3v) is 4.28. The number of hydrogen-bond donors (Lipinski definition) is 1. The van der Waals surface area contributed by atoms with Crippen LogP contribution in [0.1, 0.15) is 27.7 Å². The molecule has 0 radical (unpaired) electrons. The number of aromatic amines is 1. The molecule has 0 amide bonds. The van der Waals surface area contributed by atoms with Crippen molar-refractivity contribution in [1.29, 1.82) is 0 Å². The summed E-state index contributed by atoms with van der Waals surface area (Å²) in [4.78, 5) is 7.47. The van der Waals surface area contributed by atoms with Crippen LogP contribution in [0.5, 0.6) is 5.75 Å². The van der Waals surface area contributed by atoms with Crippen LogP contribution in [-0.4, -0.2) is 35.4 Å². The van der Waals surface area contributed by atoms with Crippen molar-refractivity contribution >= 4 is 23.6 Å². The van der Waals surface area contributed by atoms with E-state index in [2.05, 4.69) is 9.97 Å². The maximum absolute atomic E-state index is 6.07. The predicted molar refractivity (Wildman–Crippen MR) is 78.4 cm³/mol. The molecule has 6 heteroatoms. The van der Waals surface area contributed by atoms with Crippen LogP contribution in [0.15, 0.2) is 18.5 Å². The van der Waals surface area contributed by atoms with Gasteiger partial charge in [0.2, 0.25) is 0 Å². The zero-order valence-corrected chi connectivity index (χ0v) is 12.5. The van der Waals surface area contributed by atoms with Crippen molar-refractivity contribution in [2.24, 2.45) is 0 Å². The van der Waals surface area contributed by atoms with Gasteiger partial charge in [0.25, 0.3) is 0 Å². The normalized spacial score (nSPS) is 20.6. The van der Waals surface area contributed by atoms with Gasteiger partial charge in [-0.1, -0.05) is 0 Å². The Morgan fingerprint density at radius 3 is 2.45 bits per heavy atom. The number of nitrogens with one attached hydrogen (secondary N) is 1.